The molecule has 0 fully saturated rings. The van der Waals surface area contributed by atoms with Gasteiger partial charge >= 0.3 is 113 Å². The Kier molecular flexibility index (Phi) is 4.65. The number of methoxy groups -OCH3 is 1. The number of aliphatic imine (C=N–C) groups is 1. The van der Waals surface area contributed by atoms with Gasteiger partial charge in [0.05, 0.1) is 0 Å². The van der Waals surface area contributed by atoms with Gasteiger partial charge in [-0.25, -0.2) is 0 Å². The number of allylic oxidation sites excluding steroid dienone is 1. The van der Waals surface area contributed by atoms with E-state index in [4.69, 9.17) is 4.74 Å². The van der Waals surface area contributed by atoms with Crippen LogP contribution in [0, 0.1) is 0 Å². The molecule has 2 nitrogen and oxygen atoms in total. The van der Waals surface area contributed by atoms with E-state index in [1.807, 2.05) is 6.07 Å². The van der Waals surface area contributed by atoms with Crippen molar-refractivity contribution in [2.24, 2.45) is 4.99 Å². The van der Waals surface area contributed by atoms with Crippen LogP contribution < -0.4 is 3.61 Å². The second-order valence-electron chi connectivity index (χ2n) is 3.94. The quantitative estimate of drug-likeness (QED) is 0.774. The first-order chi connectivity index (χ1) is 8.33. The summed E-state index contributed by atoms with van der Waals surface area (Å²) in [6.45, 7) is 2.23. The van der Waals surface area contributed by atoms with Gasteiger partial charge in [0.15, 0.2) is 0 Å². The summed E-state index contributed by atoms with van der Waals surface area (Å²) in [5.41, 5.74) is 1.09. The molecule has 1 aliphatic heterocycles. The fourth-order valence-corrected chi connectivity index (χ4v) is 4.68. The van der Waals surface area contributed by atoms with Crippen molar-refractivity contribution in [1.29, 1.82) is 0 Å². The van der Waals surface area contributed by atoms with Crippen molar-refractivity contribution in [2.75, 3.05) is 7.11 Å². The van der Waals surface area contributed by atoms with Crippen LogP contribution in [0.2, 0.25) is 0 Å². The summed E-state index contributed by atoms with van der Waals surface area (Å²) >= 11 is -0.272. The number of ether oxygens (including phenoxy) is 1. The molecule has 0 bridgehead atoms. The second-order valence-corrected chi connectivity index (χ2v) is 7.27. The maximum atomic E-state index is 5.33. The van der Waals surface area contributed by atoms with Crippen molar-refractivity contribution in [3.8, 4) is 0 Å². The molecule has 0 saturated heterocycles. The Hall–Kier alpha value is -0.780. The molecule has 0 aromatic heterocycles. The van der Waals surface area contributed by atoms with Gasteiger partial charge in [-0.05, 0) is 0 Å². The van der Waals surface area contributed by atoms with Crippen molar-refractivity contribution in [3.63, 3.8) is 0 Å². The van der Waals surface area contributed by atoms with E-state index in [1.54, 1.807) is 10.7 Å². The summed E-state index contributed by atoms with van der Waals surface area (Å²) in [6.07, 6.45) is 5.84. The molecule has 1 aromatic rings. The Morgan fingerprint density at radius 2 is 2.12 bits per heavy atom. The van der Waals surface area contributed by atoms with Gasteiger partial charge in [-0.2, -0.15) is 0 Å². The number of hydrogen-bond donors (Lipinski definition) is 0. The molecule has 0 radical (unpaired) electrons. The minimum absolute atomic E-state index is 0.272. The average Bonchev–Trinajstić information content (AvgIpc) is 2.54. The van der Waals surface area contributed by atoms with Crippen LogP contribution in [0.25, 0.3) is 0 Å². The molecule has 0 unspecified atom stereocenters. The predicted molar refractivity (Wildman–Crippen MR) is 73.5 cm³/mol. The third kappa shape index (κ3) is 3.34. The van der Waals surface area contributed by atoms with E-state index >= 15 is 0 Å². The molecule has 17 heavy (non-hydrogen) atoms. The summed E-state index contributed by atoms with van der Waals surface area (Å²) in [5.74, 6) is 0.756. The summed E-state index contributed by atoms with van der Waals surface area (Å²) in [6, 6.07) is 8.43. The predicted octanol–water partition coefficient (Wildman–Crippen LogP) is 2.78. The monoisotopic (exact) mass is 345 g/mol. The van der Waals surface area contributed by atoms with Crippen LogP contribution in [-0.2, 0) is 4.74 Å². The van der Waals surface area contributed by atoms with Gasteiger partial charge in [0.25, 0.3) is 0 Å². The average molecular weight is 343 g/mol. The fourth-order valence-electron chi connectivity index (χ4n) is 1.67. The van der Waals surface area contributed by atoms with E-state index in [-0.39, 0.29) is 20.9 Å². The van der Waals surface area contributed by atoms with Crippen LogP contribution in [-0.4, -0.2) is 33.9 Å². The van der Waals surface area contributed by atoms with Gasteiger partial charge in [0, 0.05) is 0 Å². The third-order valence-electron chi connectivity index (χ3n) is 2.61. The Bertz CT molecular complexity index is 451. The Morgan fingerprint density at radius 1 is 1.29 bits per heavy atom. The zero-order chi connectivity index (χ0) is 12.1. The zero-order valence-electron chi connectivity index (χ0n) is 10.3. The number of rotatable bonds is 3. The summed E-state index contributed by atoms with van der Waals surface area (Å²) < 4.78 is 8.30. The molecule has 1 heterocycles. The minimum atomic E-state index is -0.272. The van der Waals surface area contributed by atoms with E-state index < -0.39 is 0 Å². The van der Waals surface area contributed by atoms with Gasteiger partial charge in [0.2, 0.25) is 0 Å². The van der Waals surface area contributed by atoms with E-state index in [0.29, 0.717) is 0 Å². The Morgan fingerprint density at radius 3 is 2.88 bits per heavy atom. The molecule has 2 rings (SSSR count). The molecule has 0 saturated carbocycles. The Balaban J connectivity index is 2.29. The molecular weight excluding hydrogens is 326 g/mol. The number of para-hydroxylation sites is 1. The van der Waals surface area contributed by atoms with Crippen molar-refractivity contribution >= 4 is 36.1 Å². The van der Waals surface area contributed by atoms with Crippen LogP contribution >= 0.6 is 0 Å². The second kappa shape index (κ2) is 6.23. The first-order valence-corrected chi connectivity index (χ1v) is 8.26. The van der Waals surface area contributed by atoms with E-state index in [2.05, 4.69) is 36.2 Å². The van der Waals surface area contributed by atoms with Gasteiger partial charge < -0.3 is 0 Å². The maximum absolute atomic E-state index is 5.33. The van der Waals surface area contributed by atoms with E-state index in [0.717, 1.165) is 11.6 Å². The van der Waals surface area contributed by atoms with Gasteiger partial charge in [-0.15, -0.1) is 0 Å². The van der Waals surface area contributed by atoms with Crippen LogP contribution in [0.1, 0.15) is 26.2 Å². The molecule has 0 atom stereocenters. The topological polar surface area (TPSA) is 21.6 Å². The normalized spacial score (nSPS) is 14.5. The SMILES string of the molecule is CCCCC1=CC(OC)=Nc2ccccc2[Te]1. The van der Waals surface area contributed by atoms with Crippen LogP contribution in [0.5, 0.6) is 0 Å². The molecule has 90 valence electrons. The standard InChI is InChI=1S/C14H17NOTe/c1-3-4-7-11-10-14(16-2)15-12-8-5-6-9-13(12)17-11/h5-6,8-10H,3-4,7H2,1-2H3. The number of fused-ring (bicyclic) bond motifs is 1. The number of unbranched alkanes of at least 4 members (excludes halogenated alkanes) is 1. The van der Waals surface area contributed by atoms with Crippen molar-refractivity contribution < 1.29 is 4.74 Å². The zero-order valence-corrected chi connectivity index (χ0v) is 12.6. The van der Waals surface area contributed by atoms with Crippen LogP contribution in [0.15, 0.2) is 39.0 Å². The number of nitrogens with zero attached hydrogens (tertiary/aromatic N) is 1. The van der Waals surface area contributed by atoms with Crippen molar-refractivity contribution in [2.45, 2.75) is 26.2 Å². The van der Waals surface area contributed by atoms with Crippen LogP contribution in [0.4, 0.5) is 5.69 Å². The molecule has 0 spiro atoms. The van der Waals surface area contributed by atoms with Gasteiger partial charge in [-0.1, -0.05) is 0 Å². The molecule has 3 heteroatoms. The first kappa shape index (κ1) is 12.7. The molecule has 0 amide bonds. The van der Waals surface area contributed by atoms with Crippen molar-refractivity contribution in [1.82, 2.24) is 0 Å². The fraction of sp³-hybridized carbons (Fsp3) is 0.357. The van der Waals surface area contributed by atoms with E-state index in [9.17, 15) is 0 Å². The number of benzene rings is 1. The van der Waals surface area contributed by atoms with Gasteiger partial charge in [0.1, 0.15) is 0 Å². The first-order valence-electron chi connectivity index (χ1n) is 5.93. The summed E-state index contributed by atoms with van der Waals surface area (Å²) in [5, 5.41) is 0. The van der Waals surface area contributed by atoms with Gasteiger partial charge in [-0.3, -0.25) is 0 Å². The summed E-state index contributed by atoms with van der Waals surface area (Å²) in [4.78, 5) is 4.57. The third-order valence-corrected chi connectivity index (χ3v) is 5.89. The molecule has 1 aliphatic rings. The molecule has 0 N–H and O–H groups in total. The molecule has 1 aromatic carbocycles. The van der Waals surface area contributed by atoms with Crippen molar-refractivity contribution in [3.05, 3.63) is 34.0 Å². The summed E-state index contributed by atoms with van der Waals surface area (Å²) in [7, 11) is 1.70. The molecular formula is C14H17NOTe. The van der Waals surface area contributed by atoms with E-state index in [1.165, 1.54) is 22.9 Å². The van der Waals surface area contributed by atoms with Crippen LogP contribution in [0.3, 0.4) is 0 Å². The number of hydrogen-bond acceptors (Lipinski definition) is 2. The Labute approximate surface area is 113 Å². The molecule has 0 aliphatic carbocycles.